The van der Waals surface area contributed by atoms with E-state index >= 15 is 0 Å². The van der Waals surface area contributed by atoms with Crippen molar-refractivity contribution >= 4 is 6.16 Å². The van der Waals surface area contributed by atoms with E-state index in [1.54, 1.807) is 13.8 Å². The summed E-state index contributed by atoms with van der Waals surface area (Å²) in [7, 11) is 0. The van der Waals surface area contributed by atoms with Crippen molar-refractivity contribution in [2.75, 3.05) is 13.2 Å². The second-order valence-electron chi connectivity index (χ2n) is 6.34. The van der Waals surface area contributed by atoms with Crippen LogP contribution in [0.5, 0.6) is 0 Å². The van der Waals surface area contributed by atoms with Gasteiger partial charge in [-0.2, -0.15) is 0 Å². The molecular weight excluding hydrogens is 326 g/mol. The summed E-state index contributed by atoms with van der Waals surface area (Å²) >= 11 is 0. The molecule has 0 radical (unpaired) electrons. The standard InChI is InChI=1S/C16H29N5O4/c1-4-24-16(22)25-13(3)21-19-15(18-20-21)11-23-10-12(2)17-14-8-6-5-7-9-14/h12-14,17H,4-11H2,1-3H3/t12-,13+/m0/s1. The Bertz CT molecular complexity index is 518. The van der Waals surface area contributed by atoms with Gasteiger partial charge in [-0.1, -0.05) is 19.3 Å². The molecule has 9 heteroatoms. The SMILES string of the molecule is CCOC(=O)O[C@H](C)n1nnc(COC[C@H](C)NC2CCCCC2)n1. The third-order valence-corrected chi connectivity index (χ3v) is 4.05. The molecule has 0 bridgehead atoms. The van der Waals surface area contributed by atoms with Gasteiger partial charge in [0.05, 0.1) is 13.2 Å². The second-order valence-corrected chi connectivity index (χ2v) is 6.34. The summed E-state index contributed by atoms with van der Waals surface area (Å²) in [5.41, 5.74) is 0. The fraction of sp³-hybridized carbons (Fsp3) is 0.875. The predicted octanol–water partition coefficient (Wildman–Crippen LogP) is 2.19. The minimum absolute atomic E-state index is 0.252. The number of carbonyl (C=O) groups is 1. The quantitative estimate of drug-likeness (QED) is 0.673. The van der Waals surface area contributed by atoms with Gasteiger partial charge in [-0.25, -0.2) is 4.79 Å². The molecule has 1 aromatic rings. The molecule has 0 unspecified atom stereocenters. The van der Waals surface area contributed by atoms with E-state index in [9.17, 15) is 4.79 Å². The number of carbonyl (C=O) groups excluding carboxylic acids is 1. The molecule has 0 amide bonds. The van der Waals surface area contributed by atoms with E-state index in [-0.39, 0.29) is 19.3 Å². The highest BCUT2D eigenvalue weighted by Crippen LogP contribution is 2.17. The van der Waals surface area contributed by atoms with Crippen molar-refractivity contribution in [1.82, 2.24) is 25.5 Å². The summed E-state index contributed by atoms with van der Waals surface area (Å²) in [5, 5.41) is 15.5. The van der Waals surface area contributed by atoms with Crippen molar-refractivity contribution in [2.24, 2.45) is 0 Å². The normalized spacial score (nSPS) is 17.9. The molecular formula is C16H29N5O4. The van der Waals surface area contributed by atoms with Crippen LogP contribution in [0.25, 0.3) is 0 Å². The number of rotatable bonds is 9. The van der Waals surface area contributed by atoms with Crippen LogP contribution >= 0.6 is 0 Å². The van der Waals surface area contributed by atoms with Crippen LogP contribution < -0.4 is 5.32 Å². The highest BCUT2D eigenvalue weighted by atomic mass is 16.7. The van der Waals surface area contributed by atoms with Crippen LogP contribution in [0.2, 0.25) is 0 Å². The molecule has 0 saturated heterocycles. The van der Waals surface area contributed by atoms with E-state index in [4.69, 9.17) is 14.2 Å². The Morgan fingerprint density at radius 3 is 2.80 bits per heavy atom. The first-order valence-electron chi connectivity index (χ1n) is 9.04. The smallest absolute Gasteiger partial charge is 0.435 e. The maximum atomic E-state index is 11.3. The fourth-order valence-electron chi connectivity index (χ4n) is 2.85. The Morgan fingerprint density at radius 2 is 2.08 bits per heavy atom. The van der Waals surface area contributed by atoms with E-state index in [1.165, 1.54) is 36.9 Å². The van der Waals surface area contributed by atoms with Gasteiger partial charge in [-0.15, -0.1) is 15.0 Å². The molecule has 1 N–H and O–H groups in total. The number of tetrazole rings is 1. The van der Waals surface area contributed by atoms with Crippen LogP contribution in [-0.2, 0) is 20.8 Å². The van der Waals surface area contributed by atoms with Crippen molar-refractivity contribution in [3.8, 4) is 0 Å². The van der Waals surface area contributed by atoms with Gasteiger partial charge in [0.15, 0.2) is 0 Å². The van der Waals surface area contributed by atoms with Gasteiger partial charge >= 0.3 is 6.16 Å². The third-order valence-electron chi connectivity index (χ3n) is 4.05. The molecule has 0 spiro atoms. The van der Waals surface area contributed by atoms with Gasteiger partial charge in [0.25, 0.3) is 0 Å². The minimum Gasteiger partial charge on any atom is -0.435 e. The van der Waals surface area contributed by atoms with Crippen molar-refractivity contribution in [3.05, 3.63) is 5.82 Å². The number of ether oxygens (including phenoxy) is 3. The lowest BCUT2D eigenvalue weighted by Gasteiger charge is -2.26. The molecule has 2 atom stereocenters. The van der Waals surface area contributed by atoms with E-state index in [0.717, 1.165) is 0 Å². The summed E-state index contributed by atoms with van der Waals surface area (Å²) < 4.78 is 15.4. The molecule has 0 aliphatic heterocycles. The van der Waals surface area contributed by atoms with Crippen molar-refractivity contribution in [2.45, 2.75) is 77.8 Å². The Kier molecular flexibility index (Phi) is 8.07. The lowest BCUT2D eigenvalue weighted by Crippen LogP contribution is -2.40. The van der Waals surface area contributed by atoms with Gasteiger partial charge in [-0.05, 0) is 38.8 Å². The number of aromatic nitrogens is 4. The third kappa shape index (κ3) is 6.95. The Labute approximate surface area is 148 Å². The van der Waals surface area contributed by atoms with E-state index < -0.39 is 12.4 Å². The van der Waals surface area contributed by atoms with Crippen molar-refractivity contribution in [1.29, 1.82) is 0 Å². The molecule has 1 aromatic heterocycles. The van der Waals surface area contributed by atoms with Gasteiger partial charge < -0.3 is 19.5 Å². The number of hydrogen-bond acceptors (Lipinski definition) is 8. The molecule has 9 nitrogen and oxygen atoms in total. The first-order valence-corrected chi connectivity index (χ1v) is 9.04. The zero-order valence-corrected chi connectivity index (χ0v) is 15.3. The molecule has 1 aliphatic rings. The highest BCUT2D eigenvalue weighted by Gasteiger charge is 2.17. The maximum absolute atomic E-state index is 11.3. The van der Waals surface area contributed by atoms with Crippen molar-refractivity contribution in [3.63, 3.8) is 0 Å². The average Bonchev–Trinajstić information content (AvgIpc) is 3.05. The van der Waals surface area contributed by atoms with E-state index in [1.807, 2.05) is 0 Å². The number of nitrogens with one attached hydrogen (secondary N) is 1. The summed E-state index contributed by atoms with van der Waals surface area (Å²) in [5.74, 6) is 0.448. The summed E-state index contributed by atoms with van der Waals surface area (Å²) in [6, 6.07) is 0.886. The zero-order valence-electron chi connectivity index (χ0n) is 15.3. The summed E-state index contributed by atoms with van der Waals surface area (Å²) in [6.07, 6.45) is 5.02. The topological polar surface area (TPSA) is 100 Å². The van der Waals surface area contributed by atoms with Gasteiger partial charge in [0, 0.05) is 12.1 Å². The minimum atomic E-state index is -0.757. The molecule has 1 fully saturated rings. The summed E-state index contributed by atoms with van der Waals surface area (Å²) in [4.78, 5) is 12.5. The first-order chi connectivity index (χ1) is 12.1. The second kappa shape index (κ2) is 10.3. The fourth-order valence-corrected chi connectivity index (χ4v) is 2.85. The Balaban J connectivity index is 1.67. The lowest BCUT2D eigenvalue weighted by atomic mass is 9.95. The highest BCUT2D eigenvalue weighted by molar-refractivity contribution is 5.59. The van der Waals surface area contributed by atoms with Crippen LogP contribution in [0.1, 0.15) is 64.9 Å². The van der Waals surface area contributed by atoms with Crippen LogP contribution in [0.3, 0.4) is 0 Å². The molecule has 1 saturated carbocycles. The maximum Gasteiger partial charge on any atom is 0.510 e. The number of nitrogens with zero attached hydrogens (tertiary/aromatic N) is 4. The lowest BCUT2D eigenvalue weighted by molar-refractivity contribution is -0.00551. The van der Waals surface area contributed by atoms with Crippen LogP contribution in [-0.4, -0.2) is 51.7 Å². The first kappa shape index (κ1) is 19.6. The van der Waals surface area contributed by atoms with Crippen LogP contribution in [0, 0.1) is 0 Å². The predicted molar refractivity (Wildman–Crippen MR) is 89.8 cm³/mol. The average molecular weight is 355 g/mol. The van der Waals surface area contributed by atoms with Crippen LogP contribution in [0.15, 0.2) is 0 Å². The van der Waals surface area contributed by atoms with E-state index in [0.29, 0.717) is 18.5 Å². The Hall–Kier alpha value is -1.74. The molecule has 0 aromatic carbocycles. The molecule has 142 valence electrons. The molecule has 2 rings (SSSR count). The Morgan fingerprint density at radius 1 is 1.32 bits per heavy atom. The molecule has 1 heterocycles. The largest absolute Gasteiger partial charge is 0.510 e. The molecule has 25 heavy (non-hydrogen) atoms. The number of hydrogen-bond donors (Lipinski definition) is 1. The van der Waals surface area contributed by atoms with Gasteiger partial charge in [0.2, 0.25) is 12.1 Å². The van der Waals surface area contributed by atoms with Crippen LogP contribution in [0.4, 0.5) is 4.79 Å². The summed E-state index contributed by atoms with van der Waals surface area (Å²) in [6.45, 7) is 6.57. The van der Waals surface area contributed by atoms with Gasteiger partial charge in [-0.3, -0.25) is 0 Å². The van der Waals surface area contributed by atoms with Crippen molar-refractivity contribution < 1.29 is 19.0 Å². The molecule has 1 aliphatic carbocycles. The monoisotopic (exact) mass is 355 g/mol. The van der Waals surface area contributed by atoms with E-state index in [2.05, 4.69) is 27.7 Å². The van der Waals surface area contributed by atoms with Gasteiger partial charge in [0.1, 0.15) is 6.61 Å². The zero-order chi connectivity index (χ0) is 18.1.